The Labute approximate surface area is 198 Å². The fourth-order valence-electron chi connectivity index (χ4n) is 4.56. The summed E-state index contributed by atoms with van der Waals surface area (Å²) in [7, 11) is 1.31. The molecule has 1 saturated heterocycles. The summed E-state index contributed by atoms with van der Waals surface area (Å²) in [4.78, 5) is 11.5. The average Bonchev–Trinajstić information content (AvgIpc) is 3.21. The molecular formula is C23H36O11. The lowest BCUT2D eigenvalue weighted by Crippen LogP contribution is -2.60. The number of carbonyl (C=O) groups is 1. The van der Waals surface area contributed by atoms with Crippen LogP contribution >= 0.6 is 0 Å². The Morgan fingerprint density at radius 3 is 2.53 bits per heavy atom. The van der Waals surface area contributed by atoms with Crippen LogP contribution in [0.15, 0.2) is 23.5 Å². The highest BCUT2D eigenvalue weighted by Crippen LogP contribution is 2.44. The summed E-state index contributed by atoms with van der Waals surface area (Å²) in [5.74, 6) is -0.865. The molecule has 1 aliphatic carbocycles. The van der Waals surface area contributed by atoms with Crippen LogP contribution < -0.4 is 0 Å². The zero-order valence-corrected chi connectivity index (χ0v) is 19.9. The van der Waals surface area contributed by atoms with E-state index in [1.54, 1.807) is 0 Å². The molecule has 11 nitrogen and oxygen atoms in total. The van der Waals surface area contributed by atoms with Gasteiger partial charge in [0.25, 0.3) is 0 Å². The number of methoxy groups -OCH3 is 1. The third-order valence-electron chi connectivity index (χ3n) is 6.22. The lowest BCUT2D eigenvalue weighted by atomic mass is 9.84. The van der Waals surface area contributed by atoms with Crippen molar-refractivity contribution < 1.29 is 53.6 Å². The first-order chi connectivity index (χ1) is 16.2. The van der Waals surface area contributed by atoms with Crippen LogP contribution in [0.4, 0.5) is 0 Å². The molecule has 1 fully saturated rings. The number of hydrogen-bond acceptors (Lipinski definition) is 11. The van der Waals surface area contributed by atoms with Gasteiger partial charge in [0.15, 0.2) is 18.7 Å². The molecule has 0 aromatic carbocycles. The fourth-order valence-corrected chi connectivity index (χ4v) is 4.56. The molecule has 11 heteroatoms. The number of ether oxygens (including phenoxy) is 6. The minimum Gasteiger partial charge on any atom is -0.472 e. The van der Waals surface area contributed by atoms with Crippen molar-refractivity contribution in [1.29, 1.82) is 0 Å². The molecule has 3 rings (SSSR count). The molecule has 0 spiro atoms. The summed E-state index contributed by atoms with van der Waals surface area (Å²) >= 11 is 0. The molecule has 4 N–H and O–H groups in total. The predicted octanol–water partition coefficient (Wildman–Crippen LogP) is 0.161. The highest BCUT2D eigenvalue weighted by Gasteiger charge is 2.48. The van der Waals surface area contributed by atoms with Gasteiger partial charge in [0.2, 0.25) is 12.6 Å². The largest absolute Gasteiger partial charge is 0.472 e. The van der Waals surface area contributed by atoms with Gasteiger partial charge in [-0.3, -0.25) is 4.79 Å². The molecule has 0 aromatic heterocycles. The molecule has 0 radical (unpaired) electrons. The average molecular weight is 489 g/mol. The van der Waals surface area contributed by atoms with Crippen molar-refractivity contribution in [3.8, 4) is 0 Å². The van der Waals surface area contributed by atoms with Crippen LogP contribution in [0, 0.1) is 17.8 Å². The Morgan fingerprint density at radius 2 is 1.91 bits per heavy atom. The van der Waals surface area contributed by atoms with Gasteiger partial charge in [-0.25, -0.2) is 0 Å². The van der Waals surface area contributed by atoms with Gasteiger partial charge in [0.1, 0.15) is 12.2 Å². The number of carbonyl (C=O) groups excluding carboxylic acids is 1. The van der Waals surface area contributed by atoms with E-state index in [-0.39, 0.29) is 31.0 Å². The second-order valence-electron chi connectivity index (χ2n) is 9.20. The number of hydrogen-bond donors (Lipinski definition) is 4. The van der Waals surface area contributed by atoms with Gasteiger partial charge in [0, 0.05) is 26.4 Å². The van der Waals surface area contributed by atoms with Crippen molar-refractivity contribution >= 4 is 5.97 Å². The van der Waals surface area contributed by atoms with Crippen molar-refractivity contribution in [3.63, 3.8) is 0 Å². The molecule has 4 unspecified atom stereocenters. The zero-order valence-electron chi connectivity index (χ0n) is 19.9. The monoisotopic (exact) mass is 488 g/mol. The zero-order chi connectivity index (χ0) is 25.0. The molecule has 194 valence electrons. The van der Waals surface area contributed by atoms with Gasteiger partial charge >= 0.3 is 5.97 Å². The maximum atomic E-state index is 11.5. The Bertz CT molecular complexity index is 751. The number of rotatable bonds is 10. The number of allylic oxidation sites excluding steroid dienone is 1. The molecule has 34 heavy (non-hydrogen) atoms. The van der Waals surface area contributed by atoms with Gasteiger partial charge < -0.3 is 48.8 Å². The third kappa shape index (κ3) is 6.16. The minimum atomic E-state index is -1.48. The molecule has 0 aromatic rings. The fraction of sp³-hybridized carbons (Fsp3) is 0.783. The smallest absolute Gasteiger partial charge is 0.303 e. The quantitative estimate of drug-likeness (QED) is 0.189. The number of aliphatic hydroxyl groups excluding tert-OH is 4. The van der Waals surface area contributed by atoms with E-state index < -0.39 is 49.4 Å². The van der Waals surface area contributed by atoms with Crippen LogP contribution in [0.25, 0.3) is 0 Å². The summed E-state index contributed by atoms with van der Waals surface area (Å²) in [5, 5.41) is 40.6. The van der Waals surface area contributed by atoms with Crippen molar-refractivity contribution in [3.05, 3.63) is 23.5 Å². The Kier molecular flexibility index (Phi) is 9.47. The van der Waals surface area contributed by atoms with Crippen LogP contribution in [0.2, 0.25) is 0 Å². The summed E-state index contributed by atoms with van der Waals surface area (Å²) in [5.41, 5.74) is 1.49. The first kappa shape index (κ1) is 27.0. The highest BCUT2D eigenvalue weighted by molar-refractivity contribution is 5.66. The molecule has 0 saturated carbocycles. The van der Waals surface area contributed by atoms with E-state index in [4.69, 9.17) is 28.4 Å². The molecule has 2 heterocycles. The molecular weight excluding hydrogens is 452 g/mol. The molecule has 0 bridgehead atoms. The van der Waals surface area contributed by atoms with E-state index in [9.17, 15) is 25.2 Å². The summed E-state index contributed by atoms with van der Waals surface area (Å²) in [6.45, 7) is 4.95. The molecule has 0 amide bonds. The Hall–Kier alpha value is -1.57. The van der Waals surface area contributed by atoms with Gasteiger partial charge in [-0.05, 0) is 23.5 Å². The second-order valence-corrected chi connectivity index (χ2v) is 9.20. The maximum Gasteiger partial charge on any atom is 0.303 e. The first-order valence-corrected chi connectivity index (χ1v) is 11.5. The molecule has 2 aliphatic heterocycles. The van der Waals surface area contributed by atoms with Crippen LogP contribution in [-0.2, 0) is 33.2 Å². The van der Waals surface area contributed by atoms with Crippen molar-refractivity contribution in [1.82, 2.24) is 0 Å². The topological polar surface area (TPSA) is 153 Å². The Balaban J connectivity index is 1.71. The summed E-state index contributed by atoms with van der Waals surface area (Å²) in [6.07, 6.45) is -3.85. The third-order valence-corrected chi connectivity index (χ3v) is 6.22. The molecule has 9 atom stereocenters. The van der Waals surface area contributed by atoms with Crippen LogP contribution in [-0.4, -0.2) is 90.2 Å². The van der Waals surface area contributed by atoms with E-state index in [0.717, 1.165) is 11.1 Å². The first-order valence-electron chi connectivity index (χ1n) is 11.5. The lowest BCUT2D eigenvalue weighted by molar-refractivity contribution is -0.345. The lowest BCUT2D eigenvalue weighted by Gasteiger charge is -2.41. The van der Waals surface area contributed by atoms with Crippen molar-refractivity contribution in [2.75, 3.05) is 20.3 Å². The van der Waals surface area contributed by atoms with E-state index in [1.165, 1.54) is 20.3 Å². The van der Waals surface area contributed by atoms with Crippen LogP contribution in [0.1, 0.15) is 33.6 Å². The summed E-state index contributed by atoms with van der Waals surface area (Å²) in [6, 6.07) is 0. The van der Waals surface area contributed by atoms with E-state index in [0.29, 0.717) is 12.8 Å². The number of esters is 1. The van der Waals surface area contributed by atoms with Gasteiger partial charge in [-0.2, -0.15) is 0 Å². The van der Waals surface area contributed by atoms with Crippen LogP contribution in [0.3, 0.4) is 0 Å². The normalized spacial score (nSPS) is 36.4. The van der Waals surface area contributed by atoms with Crippen molar-refractivity contribution in [2.24, 2.45) is 17.8 Å². The summed E-state index contributed by atoms with van der Waals surface area (Å²) < 4.78 is 33.2. The predicted molar refractivity (Wildman–Crippen MR) is 115 cm³/mol. The Morgan fingerprint density at radius 1 is 1.18 bits per heavy atom. The van der Waals surface area contributed by atoms with Gasteiger partial charge in [-0.15, -0.1) is 0 Å². The number of fused-ring (bicyclic) bond motifs is 1. The number of aliphatic hydroxyl groups is 4. The van der Waals surface area contributed by atoms with Gasteiger partial charge in [-0.1, -0.05) is 19.9 Å². The SMILES string of the molecule is CO[C@H]1O[C@@H](OCC2=COC(OC(O)CC(C)C)C3C(CO)=CCC23)[C@H](OC(C)=O)[C@@H](O)[C@@H]1O. The highest BCUT2D eigenvalue weighted by atomic mass is 16.8. The van der Waals surface area contributed by atoms with E-state index in [2.05, 4.69) is 0 Å². The maximum absolute atomic E-state index is 11.5. The van der Waals surface area contributed by atoms with Crippen molar-refractivity contribution in [2.45, 2.75) is 77.1 Å². The van der Waals surface area contributed by atoms with Gasteiger partial charge in [0.05, 0.1) is 25.4 Å². The van der Waals surface area contributed by atoms with E-state index >= 15 is 0 Å². The molecule has 3 aliphatic rings. The minimum absolute atomic E-state index is 0.00331. The second kappa shape index (κ2) is 11.9. The standard InChI is InChI=1S/C23H36O11/c1-11(2)7-16(26)33-21-17-13(8-24)5-6-15(17)14(9-30-21)10-31-23-20(32-12(3)25)18(27)19(28)22(29-4)34-23/h5,9,11,15-24,26-28H,6-8,10H2,1-4H3/t15?,16?,17?,18-,19-,20+,21?,22-,23+/m0/s1. The van der Waals surface area contributed by atoms with Crippen LogP contribution in [0.5, 0.6) is 0 Å². The van der Waals surface area contributed by atoms with E-state index in [1.807, 2.05) is 19.9 Å².